The van der Waals surface area contributed by atoms with E-state index in [2.05, 4.69) is 6.92 Å². The average molecular weight is 250 g/mol. The van der Waals surface area contributed by atoms with Crippen molar-refractivity contribution in [3.8, 4) is 0 Å². The van der Waals surface area contributed by atoms with Crippen LogP contribution in [0.2, 0.25) is 0 Å². The Morgan fingerprint density at radius 3 is 2.61 bits per heavy atom. The highest BCUT2D eigenvalue weighted by Gasteiger charge is 2.44. The summed E-state index contributed by atoms with van der Waals surface area (Å²) in [6, 6.07) is 6.19. The smallest absolute Gasteiger partial charge is 0.309 e. The molecule has 1 fully saturated rings. The van der Waals surface area contributed by atoms with Gasteiger partial charge in [0.25, 0.3) is 0 Å². The SMILES string of the molecule is CCC1CCC(Cc2ccc(F)cc2)(C(=O)O)C1. The Morgan fingerprint density at radius 1 is 1.44 bits per heavy atom. The molecule has 2 unspecified atom stereocenters. The zero-order valence-corrected chi connectivity index (χ0v) is 10.7. The van der Waals surface area contributed by atoms with E-state index in [1.807, 2.05) is 0 Å². The number of halogens is 1. The average Bonchev–Trinajstić information content (AvgIpc) is 2.77. The van der Waals surface area contributed by atoms with E-state index in [-0.39, 0.29) is 5.82 Å². The highest BCUT2D eigenvalue weighted by atomic mass is 19.1. The Hall–Kier alpha value is -1.38. The van der Waals surface area contributed by atoms with Gasteiger partial charge in [0.05, 0.1) is 5.41 Å². The molecule has 1 N–H and O–H groups in total. The van der Waals surface area contributed by atoms with E-state index in [4.69, 9.17) is 0 Å². The highest BCUT2D eigenvalue weighted by Crippen LogP contribution is 2.45. The van der Waals surface area contributed by atoms with E-state index in [1.165, 1.54) is 12.1 Å². The van der Waals surface area contributed by atoms with Gasteiger partial charge < -0.3 is 5.11 Å². The third-order valence-electron chi connectivity index (χ3n) is 4.20. The van der Waals surface area contributed by atoms with Crippen molar-refractivity contribution in [1.82, 2.24) is 0 Å². The van der Waals surface area contributed by atoms with Crippen LogP contribution in [0.5, 0.6) is 0 Å². The van der Waals surface area contributed by atoms with E-state index in [0.29, 0.717) is 12.3 Å². The third kappa shape index (κ3) is 2.55. The van der Waals surface area contributed by atoms with Crippen LogP contribution in [0, 0.1) is 17.2 Å². The van der Waals surface area contributed by atoms with Gasteiger partial charge in [0, 0.05) is 0 Å². The zero-order valence-electron chi connectivity index (χ0n) is 10.7. The maximum Gasteiger partial charge on any atom is 0.309 e. The van der Waals surface area contributed by atoms with Crippen molar-refractivity contribution in [3.05, 3.63) is 35.6 Å². The molecule has 2 rings (SSSR count). The zero-order chi connectivity index (χ0) is 13.2. The molecule has 3 heteroatoms. The van der Waals surface area contributed by atoms with Crippen molar-refractivity contribution >= 4 is 5.97 Å². The molecule has 0 spiro atoms. The molecule has 2 nitrogen and oxygen atoms in total. The van der Waals surface area contributed by atoms with Gasteiger partial charge in [-0.15, -0.1) is 0 Å². The van der Waals surface area contributed by atoms with Crippen molar-refractivity contribution in [1.29, 1.82) is 0 Å². The minimum absolute atomic E-state index is 0.277. The highest BCUT2D eigenvalue weighted by molar-refractivity contribution is 5.75. The number of hydrogen-bond acceptors (Lipinski definition) is 1. The molecule has 0 saturated heterocycles. The standard InChI is InChI=1S/C15H19FO2/c1-2-11-7-8-15(9-11,14(17)18)10-12-3-5-13(16)6-4-12/h3-6,11H,2,7-10H2,1H3,(H,17,18). The van der Waals surface area contributed by atoms with Gasteiger partial charge >= 0.3 is 5.97 Å². The summed E-state index contributed by atoms with van der Waals surface area (Å²) >= 11 is 0. The maximum absolute atomic E-state index is 12.9. The Morgan fingerprint density at radius 2 is 2.11 bits per heavy atom. The molecular weight excluding hydrogens is 231 g/mol. The molecule has 0 heterocycles. The summed E-state index contributed by atoms with van der Waals surface area (Å²) in [5.41, 5.74) is 0.272. The maximum atomic E-state index is 12.9. The molecule has 1 aliphatic rings. The normalized spacial score (nSPS) is 27.3. The van der Waals surface area contributed by atoms with Crippen LogP contribution in [0.1, 0.15) is 38.2 Å². The van der Waals surface area contributed by atoms with Crippen LogP contribution in [0.15, 0.2) is 24.3 Å². The summed E-state index contributed by atoms with van der Waals surface area (Å²) in [7, 11) is 0. The number of carboxylic acid groups (broad SMARTS) is 1. The lowest BCUT2D eigenvalue weighted by Gasteiger charge is -2.24. The molecular formula is C15H19FO2. The Balaban J connectivity index is 2.17. The summed E-state index contributed by atoms with van der Waals surface area (Å²) in [5, 5.41) is 9.52. The molecule has 2 atom stereocenters. The summed E-state index contributed by atoms with van der Waals surface area (Å²) in [5.74, 6) is -0.467. The topological polar surface area (TPSA) is 37.3 Å². The van der Waals surface area contributed by atoms with Crippen LogP contribution in [0.4, 0.5) is 4.39 Å². The van der Waals surface area contributed by atoms with E-state index < -0.39 is 11.4 Å². The molecule has 0 aliphatic heterocycles. The molecule has 18 heavy (non-hydrogen) atoms. The van der Waals surface area contributed by atoms with Crippen molar-refractivity contribution in [2.75, 3.05) is 0 Å². The van der Waals surface area contributed by atoms with Crippen molar-refractivity contribution in [2.45, 2.75) is 39.0 Å². The van der Waals surface area contributed by atoms with Crippen LogP contribution in [0.25, 0.3) is 0 Å². The van der Waals surface area contributed by atoms with E-state index in [1.54, 1.807) is 12.1 Å². The largest absolute Gasteiger partial charge is 0.481 e. The first kappa shape index (κ1) is 13.1. The quantitative estimate of drug-likeness (QED) is 0.885. The summed E-state index contributed by atoms with van der Waals surface area (Å²) in [6.07, 6.45) is 4.02. The molecule has 0 aromatic heterocycles. The molecule has 0 amide bonds. The van der Waals surface area contributed by atoms with Crippen molar-refractivity contribution in [3.63, 3.8) is 0 Å². The number of hydrogen-bond donors (Lipinski definition) is 1. The van der Waals surface area contributed by atoms with Gasteiger partial charge in [0.15, 0.2) is 0 Å². The molecule has 0 bridgehead atoms. The van der Waals surface area contributed by atoms with Crippen molar-refractivity contribution in [2.24, 2.45) is 11.3 Å². The molecule has 1 aromatic carbocycles. The van der Waals surface area contributed by atoms with Gasteiger partial charge in [-0.2, -0.15) is 0 Å². The predicted octanol–water partition coefficient (Wildman–Crippen LogP) is 3.65. The van der Waals surface area contributed by atoms with Gasteiger partial charge in [0.1, 0.15) is 5.82 Å². The van der Waals surface area contributed by atoms with Crippen molar-refractivity contribution < 1.29 is 14.3 Å². The second kappa shape index (κ2) is 5.09. The van der Waals surface area contributed by atoms with Crippen LogP contribution in [-0.2, 0) is 11.2 Å². The fourth-order valence-corrected chi connectivity index (χ4v) is 3.01. The minimum atomic E-state index is -0.706. The third-order valence-corrected chi connectivity index (χ3v) is 4.20. The first-order valence-corrected chi connectivity index (χ1v) is 6.53. The lowest BCUT2D eigenvalue weighted by molar-refractivity contribution is -0.148. The number of benzene rings is 1. The van der Waals surface area contributed by atoms with Gasteiger partial charge in [-0.3, -0.25) is 4.79 Å². The van der Waals surface area contributed by atoms with Gasteiger partial charge in [-0.25, -0.2) is 4.39 Å². The van der Waals surface area contributed by atoms with Gasteiger partial charge in [-0.05, 0) is 49.3 Å². The van der Waals surface area contributed by atoms with Gasteiger partial charge in [0.2, 0.25) is 0 Å². The molecule has 1 aromatic rings. The fraction of sp³-hybridized carbons (Fsp3) is 0.533. The summed E-state index contributed by atoms with van der Waals surface area (Å²) in [4.78, 5) is 11.6. The molecule has 1 aliphatic carbocycles. The Labute approximate surface area is 107 Å². The second-order valence-corrected chi connectivity index (χ2v) is 5.41. The van der Waals surface area contributed by atoms with Crippen LogP contribution < -0.4 is 0 Å². The fourth-order valence-electron chi connectivity index (χ4n) is 3.01. The molecule has 1 saturated carbocycles. The second-order valence-electron chi connectivity index (χ2n) is 5.41. The molecule has 98 valence electrons. The Bertz CT molecular complexity index is 427. The monoisotopic (exact) mass is 250 g/mol. The number of aliphatic carboxylic acids is 1. The first-order chi connectivity index (χ1) is 8.55. The lowest BCUT2D eigenvalue weighted by Crippen LogP contribution is -2.30. The number of carboxylic acids is 1. The van der Waals surface area contributed by atoms with Crippen LogP contribution in [0.3, 0.4) is 0 Å². The lowest BCUT2D eigenvalue weighted by atomic mass is 9.79. The number of rotatable bonds is 4. The minimum Gasteiger partial charge on any atom is -0.481 e. The van der Waals surface area contributed by atoms with Crippen LogP contribution >= 0.6 is 0 Å². The predicted molar refractivity (Wildman–Crippen MR) is 67.8 cm³/mol. The van der Waals surface area contributed by atoms with E-state index in [9.17, 15) is 14.3 Å². The van der Waals surface area contributed by atoms with Gasteiger partial charge in [-0.1, -0.05) is 25.5 Å². The number of carbonyl (C=O) groups is 1. The summed E-state index contributed by atoms with van der Waals surface area (Å²) < 4.78 is 12.9. The molecule has 0 radical (unpaired) electrons. The first-order valence-electron chi connectivity index (χ1n) is 6.53. The summed E-state index contributed by atoms with van der Waals surface area (Å²) in [6.45, 7) is 2.11. The van der Waals surface area contributed by atoms with E-state index >= 15 is 0 Å². The van der Waals surface area contributed by atoms with Crippen LogP contribution in [-0.4, -0.2) is 11.1 Å². The Kier molecular flexibility index (Phi) is 3.69. The van der Waals surface area contributed by atoms with E-state index in [0.717, 1.165) is 31.2 Å².